The van der Waals surface area contributed by atoms with E-state index in [4.69, 9.17) is 9.47 Å². The van der Waals surface area contributed by atoms with Gasteiger partial charge in [-0.15, -0.1) is 0 Å². The molecule has 0 aliphatic heterocycles. The maximum Gasteiger partial charge on any atom is 0.330 e. The molecular formula is C25H38O4. The summed E-state index contributed by atoms with van der Waals surface area (Å²) >= 11 is 0. The summed E-state index contributed by atoms with van der Waals surface area (Å²) in [6.45, 7) is 9.76. The molecule has 29 heavy (non-hydrogen) atoms. The van der Waals surface area contributed by atoms with E-state index in [2.05, 4.69) is 20.1 Å². The smallest absolute Gasteiger partial charge is 0.330 e. The zero-order chi connectivity index (χ0) is 21.6. The van der Waals surface area contributed by atoms with E-state index in [1.54, 1.807) is 0 Å². The molecule has 4 nitrogen and oxygen atoms in total. The molecule has 0 atom stereocenters. The lowest BCUT2D eigenvalue weighted by atomic mass is 10.1. The molecule has 0 unspecified atom stereocenters. The predicted octanol–water partition coefficient (Wildman–Crippen LogP) is 6.55. The zero-order valence-electron chi connectivity index (χ0n) is 18.1. The number of hydrogen-bond acceptors (Lipinski definition) is 4. The topological polar surface area (TPSA) is 52.6 Å². The molecule has 0 aliphatic rings. The van der Waals surface area contributed by atoms with Crippen LogP contribution in [-0.2, 0) is 25.7 Å². The molecule has 0 heterocycles. The van der Waals surface area contributed by atoms with Crippen molar-refractivity contribution in [2.24, 2.45) is 0 Å². The second kappa shape index (κ2) is 20.4. The van der Waals surface area contributed by atoms with Crippen LogP contribution in [0.3, 0.4) is 0 Å². The summed E-state index contributed by atoms with van der Waals surface area (Å²) in [6.07, 6.45) is 15.3. The third kappa shape index (κ3) is 18.8. The molecule has 0 saturated carbocycles. The van der Waals surface area contributed by atoms with Gasteiger partial charge in [-0.05, 0) is 12.0 Å². The Morgan fingerprint density at radius 1 is 0.759 bits per heavy atom. The second-order valence-corrected chi connectivity index (χ2v) is 6.85. The number of carbonyl (C=O) groups is 2. The summed E-state index contributed by atoms with van der Waals surface area (Å²) in [5, 5.41) is 0. The van der Waals surface area contributed by atoms with Crippen LogP contribution < -0.4 is 0 Å². The van der Waals surface area contributed by atoms with Gasteiger partial charge in [-0.3, -0.25) is 0 Å². The van der Waals surface area contributed by atoms with E-state index in [9.17, 15) is 9.59 Å². The average Bonchev–Trinajstić information content (AvgIpc) is 2.76. The van der Waals surface area contributed by atoms with E-state index in [1.165, 1.54) is 63.9 Å². The van der Waals surface area contributed by atoms with Gasteiger partial charge in [-0.2, -0.15) is 0 Å². The first-order chi connectivity index (χ1) is 14.1. The summed E-state index contributed by atoms with van der Waals surface area (Å²) in [5.41, 5.74) is 0.979. The van der Waals surface area contributed by atoms with E-state index in [-0.39, 0.29) is 11.9 Å². The van der Waals surface area contributed by atoms with Crippen LogP contribution >= 0.6 is 0 Å². The molecule has 0 radical (unpaired) electrons. The molecule has 0 amide bonds. The maximum atomic E-state index is 10.7. The van der Waals surface area contributed by atoms with Crippen molar-refractivity contribution in [3.05, 3.63) is 61.2 Å². The van der Waals surface area contributed by atoms with Gasteiger partial charge in [0.15, 0.2) is 0 Å². The van der Waals surface area contributed by atoms with Crippen LogP contribution in [0.25, 0.3) is 0 Å². The van der Waals surface area contributed by atoms with E-state index in [0.717, 1.165) is 18.1 Å². The van der Waals surface area contributed by atoms with Gasteiger partial charge in [0.25, 0.3) is 0 Å². The lowest BCUT2D eigenvalue weighted by Crippen LogP contribution is -2.01. The van der Waals surface area contributed by atoms with Gasteiger partial charge >= 0.3 is 11.9 Å². The number of carbonyl (C=O) groups excluding carboxylic acids is 2. The van der Waals surface area contributed by atoms with E-state index >= 15 is 0 Å². The third-order valence-corrected chi connectivity index (χ3v) is 4.30. The quantitative estimate of drug-likeness (QED) is 0.189. The monoisotopic (exact) mass is 402 g/mol. The molecule has 0 fully saturated rings. The number of rotatable bonds is 15. The normalized spacial score (nSPS) is 9.69. The molecule has 1 aromatic rings. The molecule has 0 bridgehead atoms. The molecule has 0 N–H and O–H groups in total. The summed E-state index contributed by atoms with van der Waals surface area (Å²) in [6, 6.07) is 9.51. The fourth-order valence-electron chi connectivity index (χ4n) is 2.61. The zero-order valence-corrected chi connectivity index (χ0v) is 18.1. The maximum absolute atomic E-state index is 10.7. The molecule has 0 spiro atoms. The Bertz CT molecular complexity index is 551. The number of hydrogen-bond donors (Lipinski definition) is 0. The van der Waals surface area contributed by atoms with E-state index in [1.807, 2.05) is 30.3 Å². The van der Waals surface area contributed by atoms with Crippen LogP contribution in [0.5, 0.6) is 0 Å². The lowest BCUT2D eigenvalue weighted by molar-refractivity contribution is -0.139. The third-order valence-electron chi connectivity index (χ3n) is 4.30. The number of unbranched alkanes of at least 4 members (excludes halogenated alkanes) is 9. The standard InChI is InChI=1S/C15H28O2.C10H10O2/c1-3-5-6-7-8-9-10-11-12-13-14-17-15(16)4-2;1-2-10(11)12-8-9-6-4-3-5-7-9/h4H,2-3,5-14H2,1H3;2-7H,1,8H2. The molecule has 1 rings (SSSR count). The Hall–Kier alpha value is -2.36. The molecule has 0 aromatic heterocycles. The first kappa shape index (κ1) is 26.6. The average molecular weight is 403 g/mol. The highest BCUT2D eigenvalue weighted by Crippen LogP contribution is 2.10. The molecule has 162 valence electrons. The van der Waals surface area contributed by atoms with Crippen LogP contribution in [0.4, 0.5) is 0 Å². The number of benzene rings is 1. The minimum Gasteiger partial charge on any atom is -0.463 e. The first-order valence-corrected chi connectivity index (χ1v) is 10.8. The Morgan fingerprint density at radius 2 is 1.24 bits per heavy atom. The Labute approximate surface area is 177 Å². The summed E-state index contributed by atoms with van der Waals surface area (Å²) < 4.78 is 9.73. The Balaban J connectivity index is 0.000000571. The SMILES string of the molecule is C=CC(=O)OCCCCCCCCCCCC.C=CC(=O)OCc1ccccc1. The van der Waals surface area contributed by atoms with E-state index in [0.29, 0.717) is 13.2 Å². The van der Waals surface area contributed by atoms with Crippen molar-refractivity contribution >= 4 is 11.9 Å². The van der Waals surface area contributed by atoms with Gasteiger partial charge in [0.2, 0.25) is 0 Å². The summed E-state index contributed by atoms with van der Waals surface area (Å²) in [4.78, 5) is 21.4. The molecule has 1 aromatic carbocycles. The molecule has 0 saturated heterocycles. The highest BCUT2D eigenvalue weighted by atomic mass is 16.5. The first-order valence-electron chi connectivity index (χ1n) is 10.8. The highest BCUT2D eigenvalue weighted by Gasteiger charge is 1.96. The van der Waals surface area contributed by atoms with Crippen molar-refractivity contribution in [1.29, 1.82) is 0 Å². The summed E-state index contributed by atoms with van der Waals surface area (Å²) in [7, 11) is 0. The van der Waals surface area contributed by atoms with Crippen molar-refractivity contribution in [1.82, 2.24) is 0 Å². The van der Waals surface area contributed by atoms with Crippen LogP contribution in [0.15, 0.2) is 55.6 Å². The van der Waals surface area contributed by atoms with Crippen molar-refractivity contribution in [3.63, 3.8) is 0 Å². The van der Waals surface area contributed by atoms with Crippen molar-refractivity contribution in [2.75, 3.05) is 6.61 Å². The minimum atomic E-state index is -0.390. The second-order valence-electron chi connectivity index (χ2n) is 6.85. The Morgan fingerprint density at radius 3 is 1.76 bits per heavy atom. The fourth-order valence-corrected chi connectivity index (χ4v) is 2.61. The number of ether oxygens (including phenoxy) is 2. The van der Waals surface area contributed by atoms with Gasteiger partial charge in [0, 0.05) is 12.2 Å². The van der Waals surface area contributed by atoms with Crippen LogP contribution in [0.1, 0.15) is 76.7 Å². The minimum absolute atomic E-state index is 0.305. The highest BCUT2D eigenvalue weighted by molar-refractivity contribution is 5.81. The predicted molar refractivity (Wildman–Crippen MR) is 119 cm³/mol. The van der Waals surface area contributed by atoms with Gasteiger partial charge in [0.1, 0.15) is 6.61 Å². The van der Waals surface area contributed by atoms with Gasteiger partial charge < -0.3 is 9.47 Å². The van der Waals surface area contributed by atoms with Gasteiger partial charge in [-0.25, -0.2) is 9.59 Å². The lowest BCUT2D eigenvalue weighted by Gasteiger charge is -2.03. The number of esters is 2. The summed E-state index contributed by atoms with van der Waals surface area (Å²) in [5.74, 6) is -0.695. The van der Waals surface area contributed by atoms with Crippen LogP contribution in [0.2, 0.25) is 0 Å². The van der Waals surface area contributed by atoms with E-state index < -0.39 is 0 Å². The largest absolute Gasteiger partial charge is 0.463 e. The molecule has 0 aliphatic carbocycles. The van der Waals surface area contributed by atoms with Crippen LogP contribution in [0, 0.1) is 0 Å². The van der Waals surface area contributed by atoms with Crippen molar-refractivity contribution in [2.45, 2.75) is 77.7 Å². The Kier molecular flexibility index (Phi) is 18.7. The van der Waals surface area contributed by atoms with Gasteiger partial charge in [0.05, 0.1) is 6.61 Å². The van der Waals surface area contributed by atoms with Gasteiger partial charge in [-0.1, -0.05) is 108 Å². The van der Waals surface area contributed by atoms with Crippen LogP contribution in [-0.4, -0.2) is 18.5 Å². The van der Waals surface area contributed by atoms with Crippen molar-refractivity contribution < 1.29 is 19.1 Å². The molecule has 4 heteroatoms. The van der Waals surface area contributed by atoms with Crippen molar-refractivity contribution in [3.8, 4) is 0 Å². The molecular weight excluding hydrogens is 364 g/mol. The fraction of sp³-hybridized carbons (Fsp3) is 0.520.